The number of hydrogen-bond acceptors (Lipinski definition) is 5. The normalized spacial score (nSPS) is 17.1. The smallest absolute Gasteiger partial charge is 0.239 e. The largest absolute Gasteiger partial charge is 0.476 e. The fraction of sp³-hybridized carbons (Fsp3) is 0.667. The highest BCUT2D eigenvalue weighted by molar-refractivity contribution is 5.54. The van der Waals surface area contributed by atoms with Gasteiger partial charge in [0.1, 0.15) is 5.82 Å². The lowest BCUT2D eigenvalue weighted by molar-refractivity contribution is 0.220. The molecule has 0 radical (unpaired) electrons. The van der Waals surface area contributed by atoms with Crippen molar-refractivity contribution in [3.63, 3.8) is 0 Å². The Labute approximate surface area is 121 Å². The van der Waals surface area contributed by atoms with E-state index in [1.165, 1.54) is 25.9 Å². The first-order valence-electron chi connectivity index (χ1n) is 7.50. The fourth-order valence-corrected chi connectivity index (χ4v) is 2.70. The average molecular weight is 278 g/mol. The van der Waals surface area contributed by atoms with E-state index in [2.05, 4.69) is 28.8 Å². The average Bonchev–Trinajstić information content (AvgIpc) is 2.49. The molecule has 0 bridgehead atoms. The Morgan fingerprint density at radius 1 is 1.35 bits per heavy atom. The van der Waals surface area contributed by atoms with Crippen LogP contribution in [0.4, 0.5) is 11.5 Å². The van der Waals surface area contributed by atoms with E-state index in [-0.39, 0.29) is 0 Å². The number of hydrogen-bond donors (Lipinski definition) is 1. The minimum Gasteiger partial charge on any atom is -0.476 e. The van der Waals surface area contributed by atoms with Crippen LogP contribution >= 0.6 is 0 Å². The summed E-state index contributed by atoms with van der Waals surface area (Å²) in [7, 11) is 2.11. The van der Waals surface area contributed by atoms with Gasteiger partial charge >= 0.3 is 0 Å². The van der Waals surface area contributed by atoms with E-state index in [1.54, 1.807) is 0 Å². The van der Waals surface area contributed by atoms with Gasteiger partial charge in [0.2, 0.25) is 5.88 Å². The van der Waals surface area contributed by atoms with Crippen molar-refractivity contribution < 1.29 is 4.74 Å². The Bertz CT molecular complexity index is 430. The van der Waals surface area contributed by atoms with Gasteiger partial charge in [-0.15, -0.1) is 0 Å². The molecule has 0 atom stereocenters. The third-order valence-electron chi connectivity index (χ3n) is 4.07. The molecule has 1 fully saturated rings. The number of nitrogens with two attached hydrogens (primary N) is 1. The Balaban J connectivity index is 2.05. The quantitative estimate of drug-likeness (QED) is 0.892. The van der Waals surface area contributed by atoms with Crippen LogP contribution in [-0.2, 0) is 0 Å². The van der Waals surface area contributed by atoms with Crippen LogP contribution in [0, 0.1) is 0 Å². The molecule has 0 saturated carbocycles. The molecular formula is C15H26N4O. The summed E-state index contributed by atoms with van der Waals surface area (Å²) in [6.45, 7) is 8.22. The van der Waals surface area contributed by atoms with Crippen molar-refractivity contribution in [3.05, 3.63) is 12.1 Å². The maximum absolute atomic E-state index is 5.88. The number of aromatic nitrogens is 1. The summed E-state index contributed by atoms with van der Waals surface area (Å²) >= 11 is 0. The molecule has 0 amide bonds. The Morgan fingerprint density at radius 2 is 2.05 bits per heavy atom. The van der Waals surface area contributed by atoms with Gasteiger partial charge in [-0.3, -0.25) is 0 Å². The lowest BCUT2D eigenvalue weighted by atomic mass is 10.0. The molecule has 112 valence electrons. The number of piperidine rings is 1. The summed E-state index contributed by atoms with van der Waals surface area (Å²) < 4.78 is 5.48. The Kier molecular flexibility index (Phi) is 5.06. The van der Waals surface area contributed by atoms with Crippen LogP contribution in [0.15, 0.2) is 12.1 Å². The molecule has 0 spiro atoms. The van der Waals surface area contributed by atoms with E-state index in [0.717, 1.165) is 12.4 Å². The van der Waals surface area contributed by atoms with Crippen LogP contribution in [0.1, 0.15) is 26.7 Å². The minimum atomic E-state index is 0.544. The van der Waals surface area contributed by atoms with Crippen LogP contribution in [0.25, 0.3) is 0 Å². The van der Waals surface area contributed by atoms with Crippen LogP contribution in [0.3, 0.4) is 0 Å². The van der Waals surface area contributed by atoms with Crippen molar-refractivity contribution in [3.8, 4) is 5.88 Å². The lowest BCUT2D eigenvalue weighted by Gasteiger charge is -2.37. The number of nitrogens with zero attached hydrogens (tertiary/aromatic N) is 3. The molecule has 1 saturated heterocycles. The lowest BCUT2D eigenvalue weighted by Crippen LogP contribution is -2.43. The first kappa shape index (κ1) is 14.9. The zero-order chi connectivity index (χ0) is 14.5. The van der Waals surface area contributed by atoms with Crippen LogP contribution in [-0.4, -0.2) is 49.2 Å². The molecule has 2 N–H and O–H groups in total. The standard InChI is InChI=1S/C15H26N4O/c1-4-19-10-8-12(9-11-19)18(3)14-7-6-13(16)15(17-14)20-5-2/h6-7,12H,4-5,8-11,16H2,1-3H3. The molecule has 2 heterocycles. The zero-order valence-electron chi connectivity index (χ0n) is 12.8. The van der Waals surface area contributed by atoms with E-state index in [4.69, 9.17) is 10.5 Å². The molecule has 0 unspecified atom stereocenters. The molecule has 2 rings (SSSR count). The number of rotatable bonds is 5. The first-order chi connectivity index (χ1) is 9.65. The number of pyridine rings is 1. The number of likely N-dealkylation sites (tertiary alicyclic amines) is 1. The van der Waals surface area contributed by atoms with Gasteiger partial charge in [0.25, 0.3) is 0 Å². The van der Waals surface area contributed by atoms with Gasteiger partial charge in [-0.1, -0.05) is 6.92 Å². The van der Waals surface area contributed by atoms with E-state index in [9.17, 15) is 0 Å². The van der Waals surface area contributed by atoms with Gasteiger partial charge in [0, 0.05) is 26.2 Å². The predicted molar refractivity (Wildman–Crippen MR) is 83.4 cm³/mol. The van der Waals surface area contributed by atoms with Crippen molar-refractivity contribution in [1.82, 2.24) is 9.88 Å². The molecule has 1 aromatic rings. The summed E-state index contributed by atoms with van der Waals surface area (Å²) in [5, 5.41) is 0. The molecule has 0 aromatic carbocycles. The second kappa shape index (κ2) is 6.79. The van der Waals surface area contributed by atoms with Gasteiger partial charge in [-0.05, 0) is 38.4 Å². The summed E-state index contributed by atoms with van der Waals surface area (Å²) in [5.41, 5.74) is 6.48. The molecule has 20 heavy (non-hydrogen) atoms. The SMILES string of the molecule is CCOc1nc(N(C)C2CCN(CC)CC2)ccc1N. The Hall–Kier alpha value is -1.49. The van der Waals surface area contributed by atoms with Crippen molar-refractivity contribution in [2.24, 2.45) is 0 Å². The highest BCUT2D eigenvalue weighted by Gasteiger charge is 2.22. The van der Waals surface area contributed by atoms with E-state index in [0.29, 0.717) is 24.2 Å². The van der Waals surface area contributed by atoms with Crippen LogP contribution in [0.2, 0.25) is 0 Å². The maximum Gasteiger partial charge on any atom is 0.239 e. The summed E-state index contributed by atoms with van der Waals surface area (Å²) in [6.07, 6.45) is 2.36. The van der Waals surface area contributed by atoms with Gasteiger partial charge in [-0.25, -0.2) is 0 Å². The highest BCUT2D eigenvalue weighted by atomic mass is 16.5. The molecule has 1 aliphatic heterocycles. The third kappa shape index (κ3) is 3.33. The summed E-state index contributed by atoms with van der Waals surface area (Å²) in [6, 6.07) is 4.40. The molecule has 5 heteroatoms. The van der Waals surface area contributed by atoms with Gasteiger partial charge in [-0.2, -0.15) is 4.98 Å². The minimum absolute atomic E-state index is 0.544. The molecule has 1 aliphatic rings. The number of ether oxygens (including phenoxy) is 1. The van der Waals surface area contributed by atoms with Gasteiger partial charge in [0.15, 0.2) is 0 Å². The summed E-state index contributed by atoms with van der Waals surface area (Å²) in [4.78, 5) is 9.29. The topological polar surface area (TPSA) is 54.6 Å². The monoisotopic (exact) mass is 278 g/mol. The van der Waals surface area contributed by atoms with Crippen molar-refractivity contribution in [1.29, 1.82) is 0 Å². The summed E-state index contributed by atoms with van der Waals surface area (Å²) in [5.74, 6) is 1.49. The first-order valence-corrected chi connectivity index (χ1v) is 7.50. The second-order valence-electron chi connectivity index (χ2n) is 5.27. The number of nitrogen functional groups attached to an aromatic ring is 1. The fourth-order valence-electron chi connectivity index (χ4n) is 2.70. The molecule has 5 nitrogen and oxygen atoms in total. The maximum atomic E-state index is 5.88. The third-order valence-corrected chi connectivity index (χ3v) is 4.07. The predicted octanol–water partition coefficient (Wildman–Crippen LogP) is 1.98. The highest BCUT2D eigenvalue weighted by Crippen LogP contribution is 2.26. The van der Waals surface area contributed by atoms with Crippen LogP contribution < -0.4 is 15.4 Å². The molecular weight excluding hydrogens is 252 g/mol. The van der Waals surface area contributed by atoms with E-state index in [1.807, 2.05) is 19.1 Å². The van der Waals surface area contributed by atoms with Crippen LogP contribution in [0.5, 0.6) is 5.88 Å². The second-order valence-corrected chi connectivity index (χ2v) is 5.27. The van der Waals surface area contributed by atoms with Crippen molar-refractivity contribution >= 4 is 11.5 Å². The zero-order valence-corrected chi connectivity index (χ0v) is 12.8. The molecule has 0 aliphatic carbocycles. The van der Waals surface area contributed by atoms with Crippen molar-refractivity contribution in [2.45, 2.75) is 32.7 Å². The van der Waals surface area contributed by atoms with Crippen molar-refractivity contribution in [2.75, 3.05) is 43.9 Å². The Morgan fingerprint density at radius 3 is 2.65 bits per heavy atom. The number of anilines is 2. The van der Waals surface area contributed by atoms with Gasteiger partial charge < -0.3 is 20.3 Å². The van der Waals surface area contributed by atoms with E-state index >= 15 is 0 Å². The van der Waals surface area contributed by atoms with E-state index < -0.39 is 0 Å². The molecule has 1 aromatic heterocycles. The van der Waals surface area contributed by atoms with Gasteiger partial charge in [0.05, 0.1) is 12.3 Å².